The molecule has 0 saturated carbocycles. The second kappa shape index (κ2) is 8.21. The summed E-state index contributed by atoms with van der Waals surface area (Å²) in [5.74, 6) is 0. The zero-order valence-electron chi connectivity index (χ0n) is 14.7. The minimum Gasteiger partial charge on any atom is -0.370 e. The van der Waals surface area contributed by atoms with Crippen molar-refractivity contribution in [2.45, 2.75) is 32.2 Å². The molecule has 6 nitrogen and oxygen atoms in total. The topological polar surface area (TPSA) is 56.1 Å². The summed E-state index contributed by atoms with van der Waals surface area (Å²) < 4.78 is 7.73. The van der Waals surface area contributed by atoms with Crippen molar-refractivity contribution in [3.05, 3.63) is 77.9 Å². The fourth-order valence-corrected chi connectivity index (χ4v) is 3.30. The van der Waals surface area contributed by atoms with Crippen LogP contribution in [0.2, 0.25) is 0 Å². The molecule has 1 saturated heterocycles. The van der Waals surface area contributed by atoms with Crippen molar-refractivity contribution in [3.63, 3.8) is 0 Å². The number of benzene rings is 1. The van der Waals surface area contributed by atoms with E-state index < -0.39 is 0 Å². The minimum absolute atomic E-state index is 0.370. The number of hydrogen-bond acceptors (Lipinski definition) is 5. The molecule has 1 aliphatic rings. The van der Waals surface area contributed by atoms with E-state index >= 15 is 0 Å². The SMILES string of the molecule is c1ccc(COCc2cn(C3CCN(Cc4ccccn4)C3)nn2)cc1. The van der Waals surface area contributed by atoms with Crippen LogP contribution < -0.4 is 0 Å². The number of rotatable bonds is 7. The first-order valence-corrected chi connectivity index (χ1v) is 9.01. The Morgan fingerprint density at radius 1 is 1.00 bits per heavy atom. The Labute approximate surface area is 153 Å². The molecule has 1 atom stereocenters. The normalized spacial score (nSPS) is 17.6. The maximum Gasteiger partial charge on any atom is 0.108 e. The maximum absolute atomic E-state index is 5.75. The lowest BCUT2D eigenvalue weighted by molar-refractivity contribution is 0.104. The summed E-state index contributed by atoms with van der Waals surface area (Å²) >= 11 is 0. The molecule has 1 aliphatic heterocycles. The number of pyridine rings is 1. The van der Waals surface area contributed by atoms with E-state index in [1.54, 1.807) is 0 Å². The Hall–Kier alpha value is -2.57. The summed E-state index contributed by atoms with van der Waals surface area (Å²) in [6.07, 6.45) is 4.95. The molecule has 26 heavy (non-hydrogen) atoms. The molecule has 0 spiro atoms. The highest BCUT2D eigenvalue weighted by atomic mass is 16.5. The van der Waals surface area contributed by atoms with E-state index in [2.05, 4.69) is 38.4 Å². The van der Waals surface area contributed by atoms with E-state index in [0.717, 1.165) is 37.4 Å². The smallest absolute Gasteiger partial charge is 0.108 e. The van der Waals surface area contributed by atoms with Crippen LogP contribution in [0.1, 0.15) is 29.4 Å². The van der Waals surface area contributed by atoms with Crippen LogP contribution in [0.4, 0.5) is 0 Å². The third-order valence-corrected chi connectivity index (χ3v) is 4.65. The fraction of sp³-hybridized carbons (Fsp3) is 0.350. The van der Waals surface area contributed by atoms with E-state index in [1.807, 2.05) is 47.4 Å². The summed E-state index contributed by atoms with van der Waals surface area (Å²) in [6, 6.07) is 16.6. The molecule has 134 valence electrons. The highest BCUT2D eigenvalue weighted by Gasteiger charge is 2.25. The standard InChI is InChI=1S/C20H23N5O/c1-2-6-17(7-3-1)15-26-16-19-13-25(23-22-19)20-9-11-24(14-20)12-18-8-4-5-10-21-18/h1-8,10,13,20H,9,11-12,14-16H2. The molecule has 3 aromatic rings. The zero-order valence-corrected chi connectivity index (χ0v) is 14.7. The van der Waals surface area contributed by atoms with Gasteiger partial charge in [0.2, 0.25) is 0 Å². The van der Waals surface area contributed by atoms with Crippen molar-refractivity contribution in [3.8, 4) is 0 Å². The monoisotopic (exact) mass is 349 g/mol. The van der Waals surface area contributed by atoms with E-state index in [0.29, 0.717) is 19.3 Å². The van der Waals surface area contributed by atoms with Gasteiger partial charge in [0.15, 0.2) is 0 Å². The molecule has 0 radical (unpaired) electrons. The van der Waals surface area contributed by atoms with Gasteiger partial charge < -0.3 is 4.74 Å². The molecule has 0 aliphatic carbocycles. The molecule has 6 heteroatoms. The molecule has 4 rings (SSSR count). The highest BCUT2D eigenvalue weighted by Crippen LogP contribution is 2.22. The van der Waals surface area contributed by atoms with E-state index in [1.165, 1.54) is 5.56 Å². The third-order valence-electron chi connectivity index (χ3n) is 4.65. The van der Waals surface area contributed by atoms with Crippen molar-refractivity contribution in [1.82, 2.24) is 24.9 Å². The molecular formula is C20H23N5O. The molecule has 3 heterocycles. The van der Waals surface area contributed by atoms with Gasteiger partial charge in [0, 0.05) is 25.8 Å². The van der Waals surface area contributed by atoms with Gasteiger partial charge in [-0.15, -0.1) is 5.10 Å². The third kappa shape index (κ3) is 4.33. The van der Waals surface area contributed by atoms with Gasteiger partial charge in [-0.05, 0) is 24.1 Å². The van der Waals surface area contributed by atoms with Gasteiger partial charge in [0.1, 0.15) is 5.69 Å². The van der Waals surface area contributed by atoms with Gasteiger partial charge in [-0.1, -0.05) is 41.6 Å². The number of aromatic nitrogens is 4. The first kappa shape index (κ1) is 16.9. The van der Waals surface area contributed by atoms with Crippen LogP contribution in [0.3, 0.4) is 0 Å². The Morgan fingerprint density at radius 2 is 1.88 bits per heavy atom. The van der Waals surface area contributed by atoms with Gasteiger partial charge in [-0.3, -0.25) is 9.88 Å². The van der Waals surface area contributed by atoms with Crippen molar-refractivity contribution >= 4 is 0 Å². The van der Waals surface area contributed by atoms with Crippen molar-refractivity contribution in [1.29, 1.82) is 0 Å². The summed E-state index contributed by atoms with van der Waals surface area (Å²) in [7, 11) is 0. The van der Waals surface area contributed by atoms with Crippen molar-refractivity contribution in [2.24, 2.45) is 0 Å². The second-order valence-corrected chi connectivity index (χ2v) is 6.67. The van der Waals surface area contributed by atoms with Crippen LogP contribution in [0, 0.1) is 0 Å². The Bertz CT molecular complexity index is 805. The number of hydrogen-bond donors (Lipinski definition) is 0. The van der Waals surface area contributed by atoms with Gasteiger partial charge in [0.25, 0.3) is 0 Å². The van der Waals surface area contributed by atoms with Crippen LogP contribution >= 0.6 is 0 Å². The first-order chi connectivity index (χ1) is 12.9. The summed E-state index contributed by atoms with van der Waals surface area (Å²) in [5, 5.41) is 8.57. The number of ether oxygens (including phenoxy) is 1. The molecule has 1 fully saturated rings. The Kier molecular flexibility index (Phi) is 5.33. The second-order valence-electron chi connectivity index (χ2n) is 6.67. The van der Waals surface area contributed by atoms with Gasteiger partial charge >= 0.3 is 0 Å². The lowest BCUT2D eigenvalue weighted by Crippen LogP contribution is -2.21. The molecule has 1 aromatic carbocycles. The molecular weight excluding hydrogens is 326 g/mol. The predicted molar refractivity (Wildman–Crippen MR) is 98.1 cm³/mol. The van der Waals surface area contributed by atoms with Gasteiger partial charge in [-0.2, -0.15) is 0 Å². The number of likely N-dealkylation sites (tertiary alicyclic amines) is 1. The quantitative estimate of drug-likeness (QED) is 0.656. The molecule has 2 aromatic heterocycles. The van der Waals surface area contributed by atoms with Crippen LogP contribution in [0.25, 0.3) is 0 Å². The Morgan fingerprint density at radius 3 is 2.73 bits per heavy atom. The summed E-state index contributed by atoms with van der Waals surface area (Å²) in [5.41, 5.74) is 3.16. The number of nitrogens with zero attached hydrogens (tertiary/aromatic N) is 5. The van der Waals surface area contributed by atoms with Crippen LogP contribution in [0.5, 0.6) is 0 Å². The average molecular weight is 349 g/mol. The van der Waals surface area contributed by atoms with Crippen molar-refractivity contribution in [2.75, 3.05) is 13.1 Å². The zero-order chi connectivity index (χ0) is 17.6. The Balaban J connectivity index is 1.27. The average Bonchev–Trinajstić information content (AvgIpc) is 3.33. The van der Waals surface area contributed by atoms with Crippen LogP contribution in [-0.4, -0.2) is 38.0 Å². The molecule has 1 unspecified atom stereocenters. The fourth-order valence-electron chi connectivity index (χ4n) is 3.30. The van der Waals surface area contributed by atoms with Crippen LogP contribution in [-0.2, 0) is 24.5 Å². The highest BCUT2D eigenvalue weighted by molar-refractivity contribution is 5.13. The summed E-state index contributed by atoms with van der Waals surface area (Å²) in [6.45, 7) is 4.00. The largest absolute Gasteiger partial charge is 0.370 e. The van der Waals surface area contributed by atoms with Gasteiger partial charge in [0.05, 0.1) is 31.1 Å². The maximum atomic E-state index is 5.75. The molecule has 0 N–H and O–H groups in total. The lowest BCUT2D eigenvalue weighted by Gasteiger charge is -2.15. The predicted octanol–water partition coefficient (Wildman–Crippen LogP) is 2.84. The molecule has 0 bridgehead atoms. The van der Waals surface area contributed by atoms with E-state index in [9.17, 15) is 0 Å². The first-order valence-electron chi connectivity index (χ1n) is 9.01. The lowest BCUT2D eigenvalue weighted by atomic mass is 10.2. The van der Waals surface area contributed by atoms with E-state index in [4.69, 9.17) is 4.74 Å². The van der Waals surface area contributed by atoms with Crippen LogP contribution in [0.15, 0.2) is 60.9 Å². The van der Waals surface area contributed by atoms with Gasteiger partial charge in [-0.25, -0.2) is 4.68 Å². The minimum atomic E-state index is 0.370. The molecule has 0 amide bonds. The van der Waals surface area contributed by atoms with Crippen molar-refractivity contribution < 1.29 is 4.74 Å². The van der Waals surface area contributed by atoms with E-state index in [-0.39, 0.29) is 0 Å². The summed E-state index contributed by atoms with van der Waals surface area (Å²) in [4.78, 5) is 6.83.